The van der Waals surface area contributed by atoms with Crippen molar-refractivity contribution >= 4 is 11.6 Å². The largest absolute Gasteiger partial charge is 0.416 e. The van der Waals surface area contributed by atoms with Gasteiger partial charge in [0.2, 0.25) is 11.7 Å². The predicted octanol–water partition coefficient (Wildman–Crippen LogP) is 3.07. The molecule has 0 aliphatic carbocycles. The van der Waals surface area contributed by atoms with E-state index in [2.05, 4.69) is 25.9 Å². The monoisotopic (exact) mass is 347 g/mol. The second kappa shape index (κ2) is 6.71. The van der Waals surface area contributed by atoms with Crippen LogP contribution >= 0.6 is 0 Å². The van der Waals surface area contributed by atoms with Crippen molar-refractivity contribution < 1.29 is 18.0 Å². The number of nitrogens with zero attached hydrogens (tertiary/aromatic N) is 3. The standard InChI is InChI=1S/C16H12F3N5O/c17-16(18,19)13-4-2-1-3-11(13)9-14(25)20-12-7-5-10(6-8-12)15-21-23-24-22-15/h1-8H,9H2,(H,20,25)(H,21,22,23,24). The predicted molar refractivity (Wildman–Crippen MR) is 83.4 cm³/mol. The van der Waals surface area contributed by atoms with Gasteiger partial charge in [-0.3, -0.25) is 4.79 Å². The van der Waals surface area contributed by atoms with Gasteiger partial charge in [-0.1, -0.05) is 18.2 Å². The van der Waals surface area contributed by atoms with Crippen LogP contribution in [-0.2, 0) is 17.4 Å². The Morgan fingerprint density at radius 1 is 1.08 bits per heavy atom. The first-order chi connectivity index (χ1) is 11.9. The normalized spacial score (nSPS) is 11.3. The van der Waals surface area contributed by atoms with Gasteiger partial charge in [0.25, 0.3) is 0 Å². The molecule has 1 heterocycles. The van der Waals surface area contributed by atoms with E-state index in [9.17, 15) is 18.0 Å². The Morgan fingerprint density at radius 3 is 2.44 bits per heavy atom. The van der Waals surface area contributed by atoms with Crippen molar-refractivity contribution in [3.8, 4) is 11.4 Å². The van der Waals surface area contributed by atoms with E-state index in [1.807, 2.05) is 0 Å². The average molecular weight is 347 g/mol. The van der Waals surface area contributed by atoms with E-state index in [-0.39, 0.29) is 12.0 Å². The molecule has 0 saturated carbocycles. The summed E-state index contributed by atoms with van der Waals surface area (Å²) in [6, 6.07) is 11.6. The lowest BCUT2D eigenvalue weighted by atomic mass is 10.0. The highest BCUT2D eigenvalue weighted by Gasteiger charge is 2.33. The lowest BCUT2D eigenvalue weighted by Crippen LogP contribution is -2.17. The zero-order chi connectivity index (χ0) is 17.9. The number of benzene rings is 2. The summed E-state index contributed by atoms with van der Waals surface area (Å²) < 4.78 is 38.9. The lowest BCUT2D eigenvalue weighted by Gasteiger charge is -2.12. The van der Waals surface area contributed by atoms with E-state index in [4.69, 9.17) is 0 Å². The highest BCUT2D eigenvalue weighted by molar-refractivity contribution is 5.92. The molecule has 6 nitrogen and oxygen atoms in total. The molecule has 128 valence electrons. The van der Waals surface area contributed by atoms with Crippen molar-refractivity contribution in [1.82, 2.24) is 20.6 Å². The molecular weight excluding hydrogens is 335 g/mol. The number of amides is 1. The van der Waals surface area contributed by atoms with Gasteiger partial charge in [0.15, 0.2) is 0 Å². The van der Waals surface area contributed by atoms with Crippen LogP contribution < -0.4 is 5.32 Å². The minimum Gasteiger partial charge on any atom is -0.326 e. The Hall–Kier alpha value is -3.23. The van der Waals surface area contributed by atoms with Crippen molar-refractivity contribution in [2.24, 2.45) is 0 Å². The van der Waals surface area contributed by atoms with Crippen LogP contribution in [0.4, 0.5) is 18.9 Å². The number of carbonyl (C=O) groups is 1. The van der Waals surface area contributed by atoms with Gasteiger partial charge in [-0.05, 0) is 41.1 Å². The number of hydrogen-bond acceptors (Lipinski definition) is 4. The van der Waals surface area contributed by atoms with Crippen molar-refractivity contribution in [1.29, 1.82) is 0 Å². The second-order valence-electron chi connectivity index (χ2n) is 5.19. The quantitative estimate of drug-likeness (QED) is 0.760. The van der Waals surface area contributed by atoms with Gasteiger partial charge in [-0.2, -0.15) is 18.4 Å². The number of rotatable bonds is 4. The van der Waals surface area contributed by atoms with Crippen LogP contribution in [0.5, 0.6) is 0 Å². The summed E-state index contributed by atoms with van der Waals surface area (Å²) in [5.41, 5.74) is 0.268. The van der Waals surface area contributed by atoms with Gasteiger partial charge in [0.05, 0.1) is 12.0 Å². The molecular formula is C16H12F3N5O. The summed E-state index contributed by atoms with van der Waals surface area (Å²) in [4.78, 5) is 12.1. The van der Waals surface area contributed by atoms with Crippen LogP contribution in [0, 0.1) is 0 Å². The van der Waals surface area contributed by atoms with Crippen molar-refractivity contribution in [3.05, 3.63) is 59.7 Å². The Kier molecular flexibility index (Phi) is 4.46. The molecule has 3 aromatic rings. The first-order valence-corrected chi connectivity index (χ1v) is 7.22. The lowest BCUT2D eigenvalue weighted by molar-refractivity contribution is -0.138. The summed E-state index contributed by atoms with van der Waals surface area (Å²) in [5.74, 6) is -0.138. The van der Waals surface area contributed by atoms with Crippen molar-refractivity contribution in [2.45, 2.75) is 12.6 Å². The highest BCUT2D eigenvalue weighted by atomic mass is 19.4. The Balaban J connectivity index is 1.69. The molecule has 0 unspecified atom stereocenters. The van der Waals surface area contributed by atoms with E-state index in [1.165, 1.54) is 18.2 Å². The van der Waals surface area contributed by atoms with Gasteiger partial charge in [0.1, 0.15) is 0 Å². The maximum Gasteiger partial charge on any atom is 0.416 e. The molecule has 3 rings (SSSR count). The van der Waals surface area contributed by atoms with E-state index in [1.54, 1.807) is 24.3 Å². The molecule has 2 N–H and O–H groups in total. The van der Waals surface area contributed by atoms with Gasteiger partial charge in [0, 0.05) is 11.3 Å². The number of aromatic nitrogens is 4. The minimum atomic E-state index is -4.50. The third kappa shape index (κ3) is 4.00. The first-order valence-electron chi connectivity index (χ1n) is 7.22. The Labute approximate surface area is 140 Å². The van der Waals surface area contributed by atoms with Crippen LogP contribution in [0.3, 0.4) is 0 Å². The van der Waals surface area contributed by atoms with Crippen molar-refractivity contribution in [2.75, 3.05) is 5.32 Å². The molecule has 25 heavy (non-hydrogen) atoms. The molecule has 1 amide bonds. The molecule has 0 radical (unpaired) electrons. The zero-order valence-electron chi connectivity index (χ0n) is 12.7. The summed E-state index contributed by atoms with van der Waals surface area (Å²) in [7, 11) is 0. The fourth-order valence-electron chi connectivity index (χ4n) is 2.32. The molecule has 9 heteroatoms. The fourth-order valence-corrected chi connectivity index (χ4v) is 2.32. The number of tetrazole rings is 1. The molecule has 0 atom stereocenters. The Bertz CT molecular complexity index is 860. The SMILES string of the molecule is O=C(Cc1ccccc1C(F)(F)F)Nc1ccc(-c2nn[nH]n2)cc1. The van der Waals surface area contributed by atoms with Crippen molar-refractivity contribution in [3.63, 3.8) is 0 Å². The second-order valence-corrected chi connectivity index (χ2v) is 5.19. The third-order valence-corrected chi connectivity index (χ3v) is 3.45. The molecule has 0 aliphatic heterocycles. The van der Waals surface area contributed by atoms with E-state index >= 15 is 0 Å². The number of nitrogens with one attached hydrogen (secondary N) is 2. The first kappa shape index (κ1) is 16.6. The number of aromatic amines is 1. The van der Waals surface area contributed by atoms with E-state index in [0.717, 1.165) is 6.07 Å². The number of H-pyrrole nitrogens is 1. The van der Waals surface area contributed by atoms with Gasteiger partial charge in [-0.25, -0.2) is 0 Å². The molecule has 2 aromatic carbocycles. The maximum atomic E-state index is 13.0. The van der Waals surface area contributed by atoms with Gasteiger partial charge < -0.3 is 5.32 Å². The summed E-state index contributed by atoms with van der Waals surface area (Å²) in [5, 5.41) is 16.0. The maximum absolute atomic E-state index is 13.0. The van der Waals surface area contributed by atoms with Gasteiger partial charge in [-0.15, -0.1) is 10.2 Å². The van der Waals surface area contributed by atoms with Gasteiger partial charge >= 0.3 is 6.18 Å². The molecule has 0 aliphatic rings. The topological polar surface area (TPSA) is 83.6 Å². The Morgan fingerprint density at radius 2 is 1.80 bits per heavy atom. The summed E-state index contributed by atoms with van der Waals surface area (Å²) >= 11 is 0. The number of hydrogen-bond donors (Lipinski definition) is 2. The fraction of sp³-hybridized carbons (Fsp3) is 0.125. The smallest absolute Gasteiger partial charge is 0.326 e. The van der Waals surface area contributed by atoms with Crippen LogP contribution in [0.25, 0.3) is 11.4 Å². The summed E-state index contributed by atoms with van der Waals surface area (Å²) in [6.07, 6.45) is -4.87. The average Bonchev–Trinajstić information content (AvgIpc) is 3.09. The molecule has 0 spiro atoms. The van der Waals surface area contributed by atoms with Crippen LogP contribution in [-0.4, -0.2) is 26.5 Å². The van der Waals surface area contributed by atoms with Crippen LogP contribution in [0.2, 0.25) is 0 Å². The molecule has 0 saturated heterocycles. The summed E-state index contributed by atoms with van der Waals surface area (Å²) in [6.45, 7) is 0. The third-order valence-electron chi connectivity index (χ3n) is 3.45. The number of anilines is 1. The minimum absolute atomic E-state index is 0.0732. The molecule has 0 bridgehead atoms. The zero-order valence-corrected chi connectivity index (χ0v) is 12.7. The van der Waals surface area contributed by atoms with Crippen LogP contribution in [0.15, 0.2) is 48.5 Å². The molecule has 1 aromatic heterocycles. The van der Waals surface area contributed by atoms with Crippen LogP contribution in [0.1, 0.15) is 11.1 Å². The van der Waals surface area contributed by atoms with E-state index in [0.29, 0.717) is 17.1 Å². The number of carbonyl (C=O) groups excluding carboxylic acids is 1. The molecule has 0 fully saturated rings. The highest BCUT2D eigenvalue weighted by Crippen LogP contribution is 2.32. The van der Waals surface area contributed by atoms with E-state index < -0.39 is 17.6 Å². The number of halogens is 3. The number of alkyl halides is 3.